The number of hydrogen-bond donors (Lipinski definition) is 2. The largest absolute Gasteiger partial charge is 0.356 e. The monoisotopic (exact) mass is 281 g/mol. The minimum Gasteiger partial charge on any atom is -0.356 e. The molecule has 1 saturated carbocycles. The number of aryl methyl sites for hydroxylation is 2. The van der Waals surface area contributed by atoms with Gasteiger partial charge >= 0.3 is 0 Å². The standard InChI is InChI=1S/C14H23N3OS/c1-9-13(19-10(2)17-9)6-7-16-14(18)8-11-4-3-5-12(11)15/h11-12H,3-8,15H2,1-2H3,(H,16,18)/t11-,12+/m0/s1. The fourth-order valence-electron chi connectivity index (χ4n) is 2.75. The van der Waals surface area contributed by atoms with Crippen LogP contribution in [0.1, 0.15) is 41.3 Å². The summed E-state index contributed by atoms with van der Waals surface area (Å²) < 4.78 is 0. The van der Waals surface area contributed by atoms with Crippen molar-refractivity contribution >= 4 is 17.2 Å². The maximum absolute atomic E-state index is 11.8. The molecular formula is C14H23N3OS. The molecule has 0 aliphatic heterocycles. The molecule has 0 spiro atoms. The van der Waals surface area contributed by atoms with Gasteiger partial charge in [-0.05, 0) is 32.6 Å². The van der Waals surface area contributed by atoms with Gasteiger partial charge in [-0.2, -0.15) is 0 Å². The highest BCUT2D eigenvalue weighted by Crippen LogP contribution is 2.26. The topological polar surface area (TPSA) is 68.0 Å². The molecule has 1 fully saturated rings. The van der Waals surface area contributed by atoms with Crippen LogP contribution in [0.2, 0.25) is 0 Å². The van der Waals surface area contributed by atoms with E-state index in [-0.39, 0.29) is 11.9 Å². The Hall–Kier alpha value is -0.940. The van der Waals surface area contributed by atoms with Crippen molar-refractivity contribution in [3.8, 4) is 0 Å². The molecule has 19 heavy (non-hydrogen) atoms. The molecule has 4 nitrogen and oxygen atoms in total. The van der Waals surface area contributed by atoms with Gasteiger partial charge in [-0.25, -0.2) is 4.98 Å². The van der Waals surface area contributed by atoms with E-state index < -0.39 is 0 Å². The fraction of sp³-hybridized carbons (Fsp3) is 0.714. The first-order valence-corrected chi connectivity index (χ1v) is 7.83. The van der Waals surface area contributed by atoms with Crippen LogP contribution in [0.3, 0.4) is 0 Å². The van der Waals surface area contributed by atoms with Crippen molar-refractivity contribution in [1.29, 1.82) is 0 Å². The van der Waals surface area contributed by atoms with Gasteiger partial charge < -0.3 is 11.1 Å². The Morgan fingerprint density at radius 2 is 2.26 bits per heavy atom. The summed E-state index contributed by atoms with van der Waals surface area (Å²) in [5.41, 5.74) is 7.08. The average molecular weight is 281 g/mol. The lowest BCUT2D eigenvalue weighted by Crippen LogP contribution is -2.32. The number of nitrogens with zero attached hydrogens (tertiary/aromatic N) is 1. The van der Waals surface area contributed by atoms with E-state index in [0.29, 0.717) is 18.9 Å². The molecule has 0 aromatic carbocycles. The number of rotatable bonds is 5. The third-order valence-electron chi connectivity index (χ3n) is 3.84. The first-order valence-electron chi connectivity index (χ1n) is 7.01. The van der Waals surface area contributed by atoms with Gasteiger partial charge in [0.1, 0.15) is 0 Å². The van der Waals surface area contributed by atoms with Crippen molar-refractivity contribution in [2.24, 2.45) is 11.7 Å². The van der Waals surface area contributed by atoms with E-state index in [9.17, 15) is 4.79 Å². The van der Waals surface area contributed by atoms with Crippen LogP contribution >= 0.6 is 11.3 Å². The van der Waals surface area contributed by atoms with Crippen molar-refractivity contribution in [2.75, 3.05) is 6.54 Å². The Bertz CT molecular complexity index is 444. The average Bonchev–Trinajstić information content (AvgIpc) is 2.86. The summed E-state index contributed by atoms with van der Waals surface area (Å²) in [6, 6.07) is 0.220. The number of nitrogens with one attached hydrogen (secondary N) is 1. The quantitative estimate of drug-likeness (QED) is 0.866. The van der Waals surface area contributed by atoms with Crippen LogP contribution in [0, 0.1) is 19.8 Å². The maximum atomic E-state index is 11.8. The van der Waals surface area contributed by atoms with Gasteiger partial charge in [0, 0.05) is 30.3 Å². The highest BCUT2D eigenvalue weighted by atomic mass is 32.1. The third kappa shape index (κ3) is 4.01. The number of aromatic nitrogens is 1. The molecule has 1 aliphatic carbocycles. The van der Waals surface area contributed by atoms with Crippen molar-refractivity contribution in [3.63, 3.8) is 0 Å². The lowest BCUT2D eigenvalue weighted by atomic mass is 10.00. The summed E-state index contributed by atoms with van der Waals surface area (Å²) >= 11 is 1.72. The summed E-state index contributed by atoms with van der Waals surface area (Å²) in [6.45, 7) is 4.74. The smallest absolute Gasteiger partial charge is 0.220 e. The summed E-state index contributed by atoms with van der Waals surface area (Å²) in [6.07, 6.45) is 4.79. The number of amides is 1. The van der Waals surface area contributed by atoms with Crippen molar-refractivity contribution in [3.05, 3.63) is 15.6 Å². The molecule has 1 amide bonds. The second-order valence-corrected chi connectivity index (χ2v) is 6.69. The Kier molecular flexibility index (Phi) is 4.93. The molecule has 0 bridgehead atoms. The highest BCUT2D eigenvalue weighted by molar-refractivity contribution is 7.11. The molecule has 3 N–H and O–H groups in total. The lowest BCUT2D eigenvalue weighted by Gasteiger charge is -2.14. The van der Waals surface area contributed by atoms with Crippen LogP contribution in [0.5, 0.6) is 0 Å². The van der Waals surface area contributed by atoms with Crippen LogP contribution in [-0.2, 0) is 11.2 Å². The van der Waals surface area contributed by atoms with Gasteiger partial charge in [0.25, 0.3) is 0 Å². The summed E-state index contributed by atoms with van der Waals surface area (Å²) in [7, 11) is 0. The molecule has 5 heteroatoms. The molecule has 2 rings (SSSR count). The predicted molar refractivity (Wildman–Crippen MR) is 78.2 cm³/mol. The van der Waals surface area contributed by atoms with Crippen LogP contribution in [0.25, 0.3) is 0 Å². The lowest BCUT2D eigenvalue weighted by molar-refractivity contribution is -0.122. The summed E-state index contributed by atoms with van der Waals surface area (Å²) in [5.74, 6) is 0.522. The first kappa shape index (κ1) is 14.5. The van der Waals surface area contributed by atoms with Gasteiger partial charge in [-0.3, -0.25) is 4.79 Å². The van der Waals surface area contributed by atoms with Gasteiger partial charge in [0.2, 0.25) is 5.91 Å². The van der Waals surface area contributed by atoms with Crippen LogP contribution in [0.15, 0.2) is 0 Å². The molecule has 2 atom stereocenters. The Morgan fingerprint density at radius 1 is 1.47 bits per heavy atom. The summed E-state index contributed by atoms with van der Waals surface area (Å²) in [4.78, 5) is 17.5. The van der Waals surface area contributed by atoms with Gasteiger partial charge in [-0.1, -0.05) is 6.42 Å². The molecule has 1 aromatic rings. The fourth-order valence-corrected chi connectivity index (χ4v) is 3.69. The zero-order valence-electron chi connectivity index (χ0n) is 11.7. The third-order valence-corrected chi connectivity index (χ3v) is 4.97. The van der Waals surface area contributed by atoms with Gasteiger partial charge in [-0.15, -0.1) is 11.3 Å². The van der Waals surface area contributed by atoms with Crippen LogP contribution in [-0.4, -0.2) is 23.5 Å². The molecule has 0 saturated heterocycles. The van der Waals surface area contributed by atoms with Crippen molar-refractivity contribution < 1.29 is 4.79 Å². The molecule has 106 valence electrons. The molecule has 0 radical (unpaired) electrons. The van der Waals surface area contributed by atoms with Crippen molar-refractivity contribution in [2.45, 2.75) is 52.0 Å². The zero-order chi connectivity index (χ0) is 13.8. The second-order valence-electron chi connectivity index (χ2n) is 5.40. The van der Waals surface area contributed by atoms with Crippen molar-refractivity contribution in [1.82, 2.24) is 10.3 Å². The Labute approximate surface area is 118 Å². The molecule has 1 aliphatic rings. The number of thiazole rings is 1. The van der Waals surface area contributed by atoms with Crippen LogP contribution in [0.4, 0.5) is 0 Å². The highest BCUT2D eigenvalue weighted by Gasteiger charge is 2.25. The predicted octanol–water partition coefficient (Wildman–Crippen LogP) is 1.94. The zero-order valence-corrected chi connectivity index (χ0v) is 12.6. The Morgan fingerprint density at radius 3 is 2.84 bits per heavy atom. The van der Waals surface area contributed by atoms with E-state index in [4.69, 9.17) is 5.73 Å². The van der Waals surface area contributed by atoms with Gasteiger partial charge in [0.15, 0.2) is 0 Å². The number of carbonyl (C=O) groups excluding carboxylic acids is 1. The van der Waals surface area contributed by atoms with E-state index in [1.807, 2.05) is 13.8 Å². The summed E-state index contributed by atoms with van der Waals surface area (Å²) in [5, 5.41) is 4.09. The van der Waals surface area contributed by atoms with E-state index >= 15 is 0 Å². The van der Waals surface area contributed by atoms with Gasteiger partial charge in [0.05, 0.1) is 10.7 Å². The van der Waals surface area contributed by atoms with E-state index in [0.717, 1.165) is 30.0 Å². The molecule has 0 unspecified atom stereocenters. The van der Waals surface area contributed by atoms with E-state index in [1.165, 1.54) is 11.3 Å². The second kappa shape index (κ2) is 6.48. The first-order chi connectivity index (χ1) is 9.06. The minimum atomic E-state index is 0.140. The number of nitrogens with two attached hydrogens (primary N) is 1. The Balaban J connectivity index is 1.70. The SMILES string of the molecule is Cc1nc(C)c(CCNC(=O)C[C@@H]2CCC[C@H]2N)s1. The van der Waals surface area contributed by atoms with Crippen LogP contribution < -0.4 is 11.1 Å². The van der Waals surface area contributed by atoms with E-state index in [2.05, 4.69) is 10.3 Å². The molecular weight excluding hydrogens is 258 g/mol. The van der Waals surface area contributed by atoms with E-state index in [1.54, 1.807) is 11.3 Å². The minimum absolute atomic E-state index is 0.140. The molecule has 1 heterocycles. The number of hydrogen-bond acceptors (Lipinski definition) is 4. The maximum Gasteiger partial charge on any atom is 0.220 e. The molecule has 1 aromatic heterocycles. The number of carbonyl (C=O) groups is 1. The normalized spacial score (nSPS) is 22.7.